The Morgan fingerprint density at radius 3 is 2.20 bits per heavy atom. The largest absolute Gasteiger partial charge is 0.459 e. The number of halogens is 5. The maximum atomic E-state index is 13.1. The van der Waals surface area contributed by atoms with Crippen molar-refractivity contribution < 1.29 is 31.4 Å². The van der Waals surface area contributed by atoms with E-state index in [2.05, 4.69) is 9.47 Å². The number of alkyl halides is 5. The van der Waals surface area contributed by atoms with Crippen molar-refractivity contribution in [1.82, 2.24) is 0 Å². The summed E-state index contributed by atoms with van der Waals surface area (Å²) in [6.45, 7) is -0.967. The van der Waals surface area contributed by atoms with E-state index in [0.29, 0.717) is 12.8 Å². The van der Waals surface area contributed by atoms with Crippen LogP contribution in [-0.4, -0.2) is 31.1 Å². The van der Waals surface area contributed by atoms with Gasteiger partial charge >= 0.3 is 12.1 Å². The molecule has 0 radical (unpaired) electrons. The lowest BCUT2D eigenvalue weighted by Crippen LogP contribution is -2.51. The van der Waals surface area contributed by atoms with Gasteiger partial charge in [0.2, 0.25) is 0 Å². The molecular formula is C13H13F5O2. The van der Waals surface area contributed by atoms with Crippen LogP contribution in [0.1, 0.15) is 12.0 Å². The highest BCUT2D eigenvalue weighted by molar-refractivity contribution is 5.14. The van der Waals surface area contributed by atoms with Crippen LogP contribution in [0.15, 0.2) is 30.3 Å². The molecule has 1 heterocycles. The zero-order valence-corrected chi connectivity index (χ0v) is 10.4. The number of aryl methyl sites for hydroxylation is 1. The molecule has 1 atom stereocenters. The van der Waals surface area contributed by atoms with Gasteiger partial charge in [-0.15, -0.1) is 0 Å². The molecule has 1 fully saturated rings. The van der Waals surface area contributed by atoms with Crippen molar-refractivity contribution in [3.8, 4) is 0 Å². The van der Waals surface area contributed by atoms with Gasteiger partial charge in [-0.1, -0.05) is 30.3 Å². The molecule has 0 amide bonds. The molecule has 2 nitrogen and oxygen atoms in total. The summed E-state index contributed by atoms with van der Waals surface area (Å²) in [6.07, 6.45) is -4.81. The minimum Gasteiger partial charge on any atom is -0.343 e. The highest BCUT2D eigenvalue weighted by Crippen LogP contribution is 2.52. The summed E-state index contributed by atoms with van der Waals surface area (Å²) >= 11 is 0. The molecule has 0 spiro atoms. The Kier molecular flexibility index (Phi) is 4.02. The van der Waals surface area contributed by atoms with E-state index < -0.39 is 24.5 Å². The maximum absolute atomic E-state index is 13.1. The van der Waals surface area contributed by atoms with Gasteiger partial charge in [0.1, 0.15) is 6.61 Å². The summed E-state index contributed by atoms with van der Waals surface area (Å²) in [7, 11) is 0. The molecule has 0 aromatic heterocycles. The molecule has 1 aliphatic rings. The van der Waals surface area contributed by atoms with E-state index in [0.717, 1.165) is 5.56 Å². The van der Waals surface area contributed by atoms with Gasteiger partial charge in [0, 0.05) is 0 Å². The van der Waals surface area contributed by atoms with Crippen molar-refractivity contribution in [3.05, 3.63) is 35.9 Å². The van der Waals surface area contributed by atoms with Crippen LogP contribution in [0.25, 0.3) is 0 Å². The Morgan fingerprint density at radius 2 is 1.70 bits per heavy atom. The summed E-state index contributed by atoms with van der Waals surface area (Å²) < 4.78 is 71.9. The zero-order chi connectivity index (χ0) is 14.9. The van der Waals surface area contributed by atoms with Crippen LogP contribution in [0.2, 0.25) is 0 Å². The summed E-state index contributed by atoms with van der Waals surface area (Å²) in [5, 5.41) is 0. The summed E-state index contributed by atoms with van der Waals surface area (Å²) in [5.74, 6) is -7.82. The molecule has 1 aromatic rings. The molecule has 1 unspecified atom stereocenters. The van der Waals surface area contributed by atoms with Gasteiger partial charge in [-0.3, -0.25) is 0 Å². The number of hydrogen-bond donors (Lipinski definition) is 0. The molecule has 1 saturated heterocycles. The van der Waals surface area contributed by atoms with E-state index in [9.17, 15) is 22.0 Å². The molecule has 0 saturated carbocycles. The van der Waals surface area contributed by atoms with E-state index in [1.807, 2.05) is 30.3 Å². The van der Waals surface area contributed by atoms with Crippen LogP contribution >= 0.6 is 0 Å². The van der Waals surface area contributed by atoms with E-state index in [4.69, 9.17) is 0 Å². The van der Waals surface area contributed by atoms with Crippen molar-refractivity contribution in [2.75, 3.05) is 13.2 Å². The van der Waals surface area contributed by atoms with Crippen LogP contribution < -0.4 is 0 Å². The normalized spacial score (nSPS) is 22.9. The fourth-order valence-corrected chi connectivity index (χ4v) is 1.79. The van der Waals surface area contributed by atoms with Crippen molar-refractivity contribution >= 4 is 0 Å². The highest BCUT2D eigenvalue weighted by atomic mass is 19.4. The molecular weight excluding hydrogens is 283 g/mol. The van der Waals surface area contributed by atoms with Gasteiger partial charge in [0.15, 0.2) is 0 Å². The third kappa shape index (κ3) is 2.93. The molecule has 0 bridgehead atoms. The maximum Gasteiger partial charge on any atom is 0.459 e. The first-order valence-corrected chi connectivity index (χ1v) is 6.05. The van der Waals surface area contributed by atoms with E-state index in [1.54, 1.807) is 0 Å². The van der Waals surface area contributed by atoms with E-state index >= 15 is 0 Å². The first-order valence-electron chi connectivity index (χ1n) is 6.05. The molecule has 7 heteroatoms. The molecule has 1 aromatic carbocycles. The number of rotatable bonds is 6. The predicted octanol–water partition coefficient (Wildman–Crippen LogP) is 3.56. The second-order valence-corrected chi connectivity index (χ2v) is 4.55. The summed E-state index contributed by atoms with van der Waals surface area (Å²) in [4.78, 5) is 0. The first-order chi connectivity index (χ1) is 9.29. The standard InChI is InChI=1S/C13H13F5O2/c14-12(15,13(16,17)18)11(9-20-11)19-8-4-7-10-5-2-1-3-6-10/h1-3,5-6H,4,7-9H2. The fraction of sp³-hybridized carbons (Fsp3) is 0.538. The lowest BCUT2D eigenvalue weighted by molar-refractivity contribution is -0.345. The average molecular weight is 296 g/mol. The Hall–Kier alpha value is -1.21. The quantitative estimate of drug-likeness (QED) is 0.455. The second-order valence-electron chi connectivity index (χ2n) is 4.55. The van der Waals surface area contributed by atoms with Gasteiger partial charge in [0.05, 0.1) is 6.61 Å². The molecule has 0 aliphatic carbocycles. The van der Waals surface area contributed by atoms with Crippen LogP contribution in [0.4, 0.5) is 22.0 Å². The number of epoxide rings is 1. The molecule has 0 N–H and O–H groups in total. The SMILES string of the molecule is FC(F)(F)C(F)(F)C1(OCCCc2ccccc2)CO1. The lowest BCUT2D eigenvalue weighted by Gasteiger charge is -2.25. The zero-order valence-electron chi connectivity index (χ0n) is 10.4. The Labute approximate surface area is 112 Å². The number of benzene rings is 1. The third-order valence-corrected chi connectivity index (χ3v) is 3.03. The van der Waals surface area contributed by atoms with Gasteiger partial charge < -0.3 is 9.47 Å². The van der Waals surface area contributed by atoms with Crippen molar-refractivity contribution in [2.45, 2.75) is 30.7 Å². The minimum atomic E-state index is -5.68. The van der Waals surface area contributed by atoms with Crippen molar-refractivity contribution in [2.24, 2.45) is 0 Å². The Morgan fingerprint density at radius 1 is 1.10 bits per heavy atom. The minimum absolute atomic E-state index is 0.222. The monoisotopic (exact) mass is 296 g/mol. The Bertz CT molecular complexity index is 440. The number of hydrogen-bond acceptors (Lipinski definition) is 2. The van der Waals surface area contributed by atoms with Crippen LogP contribution in [0.3, 0.4) is 0 Å². The third-order valence-electron chi connectivity index (χ3n) is 3.03. The van der Waals surface area contributed by atoms with Crippen molar-refractivity contribution in [3.63, 3.8) is 0 Å². The van der Waals surface area contributed by atoms with E-state index in [-0.39, 0.29) is 6.61 Å². The molecule has 1 aliphatic heterocycles. The summed E-state index contributed by atoms with van der Waals surface area (Å²) in [6, 6.07) is 9.15. The van der Waals surface area contributed by atoms with Crippen LogP contribution in [0, 0.1) is 0 Å². The highest BCUT2D eigenvalue weighted by Gasteiger charge is 2.78. The molecule has 112 valence electrons. The number of ether oxygens (including phenoxy) is 2. The Balaban J connectivity index is 1.82. The summed E-state index contributed by atoms with van der Waals surface area (Å²) in [5.41, 5.74) is 0.962. The van der Waals surface area contributed by atoms with Gasteiger partial charge in [0.25, 0.3) is 5.79 Å². The predicted molar refractivity (Wildman–Crippen MR) is 60.4 cm³/mol. The van der Waals surface area contributed by atoms with Crippen molar-refractivity contribution in [1.29, 1.82) is 0 Å². The van der Waals surface area contributed by atoms with Crippen LogP contribution in [0.5, 0.6) is 0 Å². The topological polar surface area (TPSA) is 21.8 Å². The van der Waals surface area contributed by atoms with E-state index in [1.165, 1.54) is 0 Å². The lowest BCUT2D eigenvalue weighted by atomic mass is 10.1. The van der Waals surface area contributed by atoms with Gasteiger partial charge in [-0.25, -0.2) is 0 Å². The first kappa shape index (κ1) is 15.2. The molecule has 20 heavy (non-hydrogen) atoms. The average Bonchev–Trinajstić information content (AvgIpc) is 3.16. The van der Waals surface area contributed by atoms with Crippen LogP contribution in [-0.2, 0) is 15.9 Å². The second kappa shape index (κ2) is 5.29. The van der Waals surface area contributed by atoms with Gasteiger partial charge in [-0.2, -0.15) is 22.0 Å². The fourth-order valence-electron chi connectivity index (χ4n) is 1.79. The van der Waals surface area contributed by atoms with Gasteiger partial charge in [-0.05, 0) is 18.4 Å². The smallest absolute Gasteiger partial charge is 0.343 e. The molecule has 2 rings (SSSR count).